The van der Waals surface area contributed by atoms with Crippen molar-refractivity contribution < 1.29 is 33.7 Å². The summed E-state index contributed by atoms with van der Waals surface area (Å²) in [6, 6.07) is 1.77. The van der Waals surface area contributed by atoms with E-state index in [9.17, 15) is 19.8 Å². The molecule has 7 heteroatoms. The maximum Gasteiger partial charge on any atom is 0.310 e. The second kappa shape index (κ2) is 6.59. The number of carbonyl (C=O) groups is 2. The number of aliphatic hydroxyl groups is 2. The molecule has 2 aliphatic carbocycles. The summed E-state index contributed by atoms with van der Waals surface area (Å²) in [4.78, 5) is 25.4. The predicted molar refractivity (Wildman–Crippen MR) is 96.7 cm³/mol. The van der Waals surface area contributed by atoms with Gasteiger partial charge < -0.3 is 24.1 Å². The number of cyclic esters (lactones) is 1. The Labute approximate surface area is 164 Å². The number of hydrogen-bond acceptors (Lipinski definition) is 7. The lowest BCUT2D eigenvalue weighted by Gasteiger charge is -2.63. The number of furan rings is 1. The number of aliphatic hydroxyl groups excluding tert-OH is 2. The van der Waals surface area contributed by atoms with Crippen LogP contribution in [0.1, 0.15) is 51.2 Å². The van der Waals surface area contributed by atoms with Crippen molar-refractivity contribution in [2.45, 2.75) is 57.8 Å². The van der Waals surface area contributed by atoms with Crippen LogP contribution in [-0.4, -0.2) is 41.5 Å². The highest BCUT2D eigenvalue weighted by Crippen LogP contribution is 2.65. The van der Waals surface area contributed by atoms with Crippen LogP contribution in [0.4, 0.5) is 0 Å². The van der Waals surface area contributed by atoms with Crippen molar-refractivity contribution in [3.8, 4) is 0 Å². The molecular formula is C21H28O7. The molecule has 7 nitrogen and oxygen atoms in total. The third kappa shape index (κ3) is 2.63. The highest BCUT2D eigenvalue weighted by Gasteiger charge is 2.66. The minimum absolute atomic E-state index is 0.164. The van der Waals surface area contributed by atoms with Crippen LogP contribution in [0.25, 0.3) is 0 Å². The highest BCUT2D eigenvalue weighted by molar-refractivity contribution is 5.76. The SMILES string of the molecule is COC(=O)[C@@H]1C[C@H](O)C(O)C2[C@@]3(C)C[C@@H](c4ccoc4)OC(=O)C3CC[C@]21C. The summed E-state index contributed by atoms with van der Waals surface area (Å²) in [5, 5.41) is 21.6. The van der Waals surface area contributed by atoms with Crippen LogP contribution in [0.15, 0.2) is 23.0 Å². The molecule has 0 bridgehead atoms. The van der Waals surface area contributed by atoms with Gasteiger partial charge in [0.05, 0.1) is 43.7 Å². The summed E-state index contributed by atoms with van der Waals surface area (Å²) in [5.41, 5.74) is -0.428. The Morgan fingerprint density at radius 1 is 1.29 bits per heavy atom. The molecule has 3 unspecified atom stereocenters. The first kappa shape index (κ1) is 19.5. The topological polar surface area (TPSA) is 106 Å². The molecule has 4 rings (SSSR count). The Morgan fingerprint density at radius 2 is 2.04 bits per heavy atom. The van der Waals surface area contributed by atoms with Crippen molar-refractivity contribution in [2.24, 2.45) is 28.6 Å². The maximum atomic E-state index is 12.9. The van der Waals surface area contributed by atoms with Gasteiger partial charge in [0.2, 0.25) is 0 Å². The lowest BCUT2D eigenvalue weighted by Crippen LogP contribution is -2.65. The van der Waals surface area contributed by atoms with Crippen LogP contribution in [0.5, 0.6) is 0 Å². The zero-order valence-electron chi connectivity index (χ0n) is 16.5. The van der Waals surface area contributed by atoms with Gasteiger partial charge in [-0.05, 0) is 48.5 Å². The molecule has 28 heavy (non-hydrogen) atoms. The van der Waals surface area contributed by atoms with Gasteiger partial charge in [0.15, 0.2) is 0 Å². The van der Waals surface area contributed by atoms with E-state index in [0.29, 0.717) is 19.3 Å². The van der Waals surface area contributed by atoms with Gasteiger partial charge in [0.1, 0.15) is 6.10 Å². The summed E-state index contributed by atoms with van der Waals surface area (Å²) in [7, 11) is 1.35. The van der Waals surface area contributed by atoms with Crippen LogP contribution in [0.3, 0.4) is 0 Å². The first-order valence-corrected chi connectivity index (χ1v) is 9.89. The molecular weight excluding hydrogens is 364 g/mol. The average molecular weight is 392 g/mol. The van der Waals surface area contributed by atoms with Crippen LogP contribution < -0.4 is 0 Å². The van der Waals surface area contributed by atoms with Crippen molar-refractivity contribution in [3.63, 3.8) is 0 Å². The molecule has 1 aromatic heterocycles. The van der Waals surface area contributed by atoms with E-state index in [1.165, 1.54) is 13.4 Å². The molecule has 3 aliphatic rings. The van der Waals surface area contributed by atoms with Crippen LogP contribution in [-0.2, 0) is 19.1 Å². The first-order chi connectivity index (χ1) is 13.2. The summed E-state index contributed by atoms with van der Waals surface area (Å²) in [6.45, 7) is 3.98. The Hall–Kier alpha value is -1.86. The number of hydrogen-bond donors (Lipinski definition) is 2. The van der Waals surface area contributed by atoms with Crippen molar-refractivity contribution >= 4 is 11.9 Å². The Morgan fingerprint density at radius 3 is 2.68 bits per heavy atom. The molecule has 154 valence electrons. The number of esters is 2. The molecule has 0 radical (unpaired) electrons. The van der Waals surface area contributed by atoms with E-state index in [4.69, 9.17) is 13.9 Å². The molecule has 1 saturated heterocycles. The molecule has 3 fully saturated rings. The van der Waals surface area contributed by atoms with E-state index in [0.717, 1.165) is 5.56 Å². The summed E-state index contributed by atoms with van der Waals surface area (Å²) >= 11 is 0. The zero-order chi connectivity index (χ0) is 20.3. The third-order valence-corrected chi connectivity index (χ3v) is 7.77. The molecule has 2 heterocycles. The minimum atomic E-state index is -1.04. The summed E-state index contributed by atoms with van der Waals surface area (Å²) in [6.07, 6.45) is 2.40. The smallest absolute Gasteiger partial charge is 0.310 e. The van der Waals surface area contributed by atoms with E-state index in [1.807, 2.05) is 13.8 Å². The Balaban J connectivity index is 1.77. The number of carbonyl (C=O) groups excluding carboxylic acids is 2. The van der Waals surface area contributed by atoms with Gasteiger partial charge in [-0.3, -0.25) is 9.59 Å². The zero-order valence-corrected chi connectivity index (χ0v) is 16.5. The molecule has 1 aliphatic heterocycles. The number of rotatable bonds is 2. The van der Waals surface area contributed by atoms with E-state index in [-0.39, 0.29) is 24.3 Å². The predicted octanol–water partition coefficient (Wildman–Crippen LogP) is 2.22. The maximum absolute atomic E-state index is 12.9. The molecule has 2 N–H and O–H groups in total. The average Bonchev–Trinajstić information content (AvgIpc) is 3.18. The van der Waals surface area contributed by atoms with Gasteiger partial charge in [-0.15, -0.1) is 0 Å². The van der Waals surface area contributed by atoms with E-state index in [1.54, 1.807) is 12.3 Å². The molecule has 0 aromatic carbocycles. The lowest BCUT2D eigenvalue weighted by molar-refractivity contribution is -0.236. The highest BCUT2D eigenvalue weighted by atomic mass is 16.5. The van der Waals surface area contributed by atoms with Gasteiger partial charge in [0.25, 0.3) is 0 Å². The Kier molecular flexibility index (Phi) is 4.58. The fourth-order valence-corrected chi connectivity index (χ4v) is 6.43. The van der Waals surface area contributed by atoms with E-state index >= 15 is 0 Å². The number of fused-ring (bicyclic) bond motifs is 3. The molecule has 8 atom stereocenters. The van der Waals surface area contributed by atoms with E-state index in [2.05, 4.69) is 0 Å². The van der Waals surface area contributed by atoms with Crippen molar-refractivity contribution in [1.82, 2.24) is 0 Å². The van der Waals surface area contributed by atoms with Crippen LogP contribution in [0, 0.1) is 28.6 Å². The van der Waals surface area contributed by atoms with Crippen LogP contribution >= 0.6 is 0 Å². The van der Waals surface area contributed by atoms with Gasteiger partial charge in [-0.25, -0.2) is 0 Å². The molecule has 0 spiro atoms. The van der Waals surface area contributed by atoms with Crippen molar-refractivity contribution in [1.29, 1.82) is 0 Å². The standard InChI is InChI=1S/C21H28O7/c1-20-6-4-12-19(25)28-15(11-5-7-27-10-11)9-21(12,2)17(20)16(23)14(22)8-13(20)18(24)26-3/h5,7,10,12-17,22-23H,4,6,8-9H2,1-3H3/t12?,13-,14-,15-,16?,17?,20-,21-/m0/s1. The van der Waals surface area contributed by atoms with Gasteiger partial charge in [-0.2, -0.15) is 0 Å². The minimum Gasteiger partial charge on any atom is -0.472 e. The summed E-state index contributed by atoms with van der Waals surface area (Å²) in [5.74, 6) is -2.00. The second-order valence-corrected chi connectivity index (χ2v) is 9.14. The van der Waals surface area contributed by atoms with Gasteiger partial charge in [0, 0.05) is 5.56 Å². The quantitative estimate of drug-likeness (QED) is 0.743. The largest absolute Gasteiger partial charge is 0.472 e. The lowest BCUT2D eigenvalue weighted by atomic mass is 9.42. The first-order valence-electron chi connectivity index (χ1n) is 9.89. The van der Waals surface area contributed by atoms with E-state index < -0.39 is 41.0 Å². The normalized spacial score (nSPS) is 45.5. The number of methoxy groups -OCH3 is 1. The Bertz CT molecular complexity index is 759. The molecule has 1 aromatic rings. The fraction of sp³-hybridized carbons (Fsp3) is 0.714. The van der Waals surface area contributed by atoms with Gasteiger partial charge >= 0.3 is 11.9 Å². The summed E-state index contributed by atoms with van der Waals surface area (Å²) < 4.78 is 15.9. The fourth-order valence-electron chi connectivity index (χ4n) is 6.43. The van der Waals surface area contributed by atoms with Crippen LogP contribution in [0.2, 0.25) is 0 Å². The second-order valence-electron chi connectivity index (χ2n) is 9.14. The van der Waals surface area contributed by atoms with Gasteiger partial charge in [-0.1, -0.05) is 13.8 Å². The van der Waals surface area contributed by atoms with Crippen molar-refractivity contribution in [2.75, 3.05) is 7.11 Å². The van der Waals surface area contributed by atoms with Crippen molar-refractivity contribution in [3.05, 3.63) is 24.2 Å². The third-order valence-electron chi connectivity index (χ3n) is 7.77. The molecule has 2 saturated carbocycles. The molecule has 0 amide bonds. The monoisotopic (exact) mass is 392 g/mol. The number of ether oxygens (including phenoxy) is 2.